The fraction of sp³-hybridized carbons (Fsp3) is 0.556. The zero-order chi connectivity index (χ0) is 10.4. The van der Waals surface area contributed by atoms with Gasteiger partial charge >= 0.3 is 0 Å². The van der Waals surface area contributed by atoms with Gasteiger partial charge in [0.1, 0.15) is 5.69 Å². The monoisotopic (exact) mass is 215 g/mol. The first-order chi connectivity index (χ1) is 6.79. The summed E-state index contributed by atoms with van der Waals surface area (Å²) in [6.07, 6.45) is 2.49. The van der Waals surface area contributed by atoms with Crippen LogP contribution in [-0.4, -0.2) is 40.0 Å². The molecule has 1 amide bonds. The summed E-state index contributed by atoms with van der Waals surface area (Å²) in [6.45, 7) is 3.33. The zero-order valence-corrected chi connectivity index (χ0v) is 8.92. The van der Waals surface area contributed by atoms with E-state index in [4.69, 9.17) is 11.6 Å². The van der Waals surface area contributed by atoms with Gasteiger partial charge in [0.25, 0.3) is 5.91 Å². The lowest BCUT2D eigenvalue weighted by atomic mass is 10.3. The van der Waals surface area contributed by atoms with Gasteiger partial charge in [0.2, 0.25) is 0 Å². The van der Waals surface area contributed by atoms with Crippen LogP contribution in [0.3, 0.4) is 0 Å². The average molecular weight is 216 g/mol. The van der Waals surface area contributed by atoms with Gasteiger partial charge in [0.15, 0.2) is 0 Å². The first kappa shape index (κ1) is 11.0. The Hall–Kier alpha value is -1.03. The average Bonchev–Trinajstić information content (AvgIpc) is 2.69. The van der Waals surface area contributed by atoms with Crippen molar-refractivity contribution in [2.24, 2.45) is 0 Å². The second kappa shape index (κ2) is 5.65. The number of amides is 1. The van der Waals surface area contributed by atoms with Crippen LogP contribution in [0.4, 0.5) is 0 Å². The van der Waals surface area contributed by atoms with E-state index in [1.165, 1.54) is 0 Å². The molecule has 0 saturated heterocycles. The summed E-state index contributed by atoms with van der Waals surface area (Å²) in [5.41, 5.74) is 0.517. The molecule has 5 heteroatoms. The summed E-state index contributed by atoms with van der Waals surface area (Å²) in [4.78, 5) is 13.5. The van der Waals surface area contributed by atoms with Gasteiger partial charge < -0.3 is 4.90 Å². The summed E-state index contributed by atoms with van der Waals surface area (Å²) in [7, 11) is 0. The minimum Gasteiger partial charge on any atom is -0.336 e. The highest BCUT2D eigenvalue weighted by molar-refractivity contribution is 6.18. The minimum absolute atomic E-state index is 0.0370. The van der Waals surface area contributed by atoms with Crippen LogP contribution in [0.25, 0.3) is 0 Å². The number of carbonyl (C=O) groups excluding carboxylic acids is 1. The lowest BCUT2D eigenvalue weighted by molar-refractivity contribution is 0.0759. The van der Waals surface area contributed by atoms with E-state index in [1.54, 1.807) is 17.2 Å². The van der Waals surface area contributed by atoms with Gasteiger partial charge in [-0.2, -0.15) is 5.10 Å². The molecule has 0 fully saturated rings. The maximum absolute atomic E-state index is 11.8. The molecule has 1 heterocycles. The normalized spacial score (nSPS) is 10.1. The number of carbonyl (C=O) groups is 1. The zero-order valence-electron chi connectivity index (χ0n) is 8.16. The third-order valence-electron chi connectivity index (χ3n) is 1.87. The molecule has 0 aliphatic carbocycles. The Balaban J connectivity index is 2.63. The van der Waals surface area contributed by atoms with Crippen LogP contribution < -0.4 is 0 Å². The Morgan fingerprint density at radius 1 is 1.64 bits per heavy atom. The summed E-state index contributed by atoms with van der Waals surface area (Å²) in [5.74, 6) is 0.421. The van der Waals surface area contributed by atoms with E-state index in [0.29, 0.717) is 18.1 Å². The van der Waals surface area contributed by atoms with Crippen LogP contribution in [0.15, 0.2) is 12.3 Å². The first-order valence-corrected chi connectivity index (χ1v) is 5.17. The predicted molar refractivity (Wildman–Crippen MR) is 55.5 cm³/mol. The van der Waals surface area contributed by atoms with E-state index in [0.717, 1.165) is 13.0 Å². The number of aromatic nitrogens is 2. The molecule has 0 aliphatic heterocycles. The molecule has 0 aromatic carbocycles. The van der Waals surface area contributed by atoms with E-state index in [9.17, 15) is 4.79 Å². The highest BCUT2D eigenvalue weighted by atomic mass is 35.5. The maximum atomic E-state index is 11.8. The van der Waals surface area contributed by atoms with Crippen LogP contribution >= 0.6 is 11.6 Å². The van der Waals surface area contributed by atoms with Crippen molar-refractivity contribution >= 4 is 17.5 Å². The number of rotatable bonds is 5. The Bertz CT molecular complexity index is 268. The second-order valence-corrected chi connectivity index (χ2v) is 3.33. The molecule has 0 bridgehead atoms. The summed E-state index contributed by atoms with van der Waals surface area (Å²) >= 11 is 5.62. The SMILES string of the molecule is CCCN(CCCl)C(=O)c1ccn[nH]1. The van der Waals surface area contributed by atoms with Crippen LogP contribution in [0.2, 0.25) is 0 Å². The number of H-pyrrole nitrogens is 1. The van der Waals surface area contributed by atoms with Gasteiger partial charge in [-0.15, -0.1) is 11.6 Å². The van der Waals surface area contributed by atoms with Crippen LogP contribution in [-0.2, 0) is 0 Å². The fourth-order valence-electron chi connectivity index (χ4n) is 1.23. The standard InChI is InChI=1S/C9H14ClN3O/c1-2-6-13(7-4-10)9(14)8-3-5-11-12-8/h3,5H,2,4,6-7H2,1H3,(H,11,12). The summed E-state index contributed by atoms with van der Waals surface area (Å²) in [5, 5.41) is 6.39. The fourth-order valence-corrected chi connectivity index (χ4v) is 1.44. The van der Waals surface area contributed by atoms with Crippen molar-refractivity contribution in [1.82, 2.24) is 15.1 Å². The largest absolute Gasteiger partial charge is 0.336 e. The van der Waals surface area contributed by atoms with Gasteiger partial charge in [-0.1, -0.05) is 6.92 Å². The van der Waals surface area contributed by atoms with Crippen molar-refractivity contribution in [3.63, 3.8) is 0 Å². The third kappa shape index (κ3) is 2.73. The number of aromatic amines is 1. The van der Waals surface area contributed by atoms with Crippen molar-refractivity contribution in [1.29, 1.82) is 0 Å². The molecule has 0 atom stereocenters. The van der Waals surface area contributed by atoms with Crippen molar-refractivity contribution in [2.75, 3.05) is 19.0 Å². The van der Waals surface area contributed by atoms with E-state index < -0.39 is 0 Å². The summed E-state index contributed by atoms with van der Waals surface area (Å²) in [6, 6.07) is 1.67. The van der Waals surface area contributed by atoms with Gasteiger partial charge in [-0.25, -0.2) is 0 Å². The second-order valence-electron chi connectivity index (χ2n) is 2.95. The first-order valence-electron chi connectivity index (χ1n) is 4.64. The van der Waals surface area contributed by atoms with Gasteiger partial charge in [0.05, 0.1) is 0 Å². The third-order valence-corrected chi connectivity index (χ3v) is 2.04. The lowest BCUT2D eigenvalue weighted by Gasteiger charge is -2.19. The molecule has 14 heavy (non-hydrogen) atoms. The molecule has 1 N–H and O–H groups in total. The Labute approximate surface area is 88.2 Å². The Morgan fingerprint density at radius 2 is 2.43 bits per heavy atom. The molecule has 0 spiro atoms. The van der Waals surface area contributed by atoms with E-state index in [-0.39, 0.29) is 5.91 Å². The Kier molecular flexibility index (Phi) is 4.46. The number of hydrogen-bond donors (Lipinski definition) is 1. The maximum Gasteiger partial charge on any atom is 0.271 e. The predicted octanol–water partition coefficient (Wildman–Crippen LogP) is 1.50. The molecule has 4 nitrogen and oxygen atoms in total. The highest BCUT2D eigenvalue weighted by Gasteiger charge is 2.14. The molecule has 1 rings (SSSR count). The minimum atomic E-state index is -0.0370. The van der Waals surface area contributed by atoms with E-state index >= 15 is 0 Å². The van der Waals surface area contributed by atoms with Gasteiger partial charge in [-0.05, 0) is 12.5 Å². The molecule has 0 aliphatic rings. The number of alkyl halides is 1. The molecule has 1 aromatic rings. The van der Waals surface area contributed by atoms with E-state index in [1.807, 2.05) is 6.92 Å². The van der Waals surface area contributed by atoms with Crippen molar-refractivity contribution in [3.05, 3.63) is 18.0 Å². The van der Waals surface area contributed by atoms with Crippen LogP contribution in [0.5, 0.6) is 0 Å². The van der Waals surface area contributed by atoms with Crippen LogP contribution in [0, 0.1) is 0 Å². The quantitative estimate of drug-likeness (QED) is 0.757. The van der Waals surface area contributed by atoms with Crippen LogP contribution in [0.1, 0.15) is 23.8 Å². The molecule has 0 saturated carbocycles. The Morgan fingerprint density at radius 3 is 2.93 bits per heavy atom. The molecular weight excluding hydrogens is 202 g/mol. The van der Waals surface area contributed by atoms with Crippen molar-refractivity contribution in [3.8, 4) is 0 Å². The number of halogens is 1. The lowest BCUT2D eigenvalue weighted by Crippen LogP contribution is -2.33. The summed E-state index contributed by atoms with van der Waals surface area (Å²) < 4.78 is 0. The smallest absolute Gasteiger partial charge is 0.271 e. The topological polar surface area (TPSA) is 49.0 Å². The van der Waals surface area contributed by atoms with Gasteiger partial charge in [-0.3, -0.25) is 9.89 Å². The highest BCUT2D eigenvalue weighted by Crippen LogP contribution is 2.02. The molecule has 0 radical (unpaired) electrons. The molecule has 0 unspecified atom stereocenters. The van der Waals surface area contributed by atoms with Crippen molar-refractivity contribution < 1.29 is 4.79 Å². The number of hydrogen-bond acceptors (Lipinski definition) is 2. The van der Waals surface area contributed by atoms with Crippen molar-refractivity contribution in [2.45, 2.75) is 13.3 Å². The molecule has 78 valence electrons. The van der Waals surface area contributed by atoms with Gasteiger partial charge in [0, 0.05) is 25.2 Å². The number of nitrogens with zero attached hydrogens (tertiary/aromatic N) is 2. The molecule has 1 aromatic heterocycles. The van der Waals surface area contributed by atoms with E-state index in [2.05, 4.69) is 10.2 Å². The molecular formula is C9H14ClN3O. The number of nitrogens with one attached hydrogen (secondary N) is 1.